The molecule has 0 fully saturated rings. The molecule has 18 heavy (non-hydrogen) atoms. The molecule has 1 aromatic heterocycles. The summed E-state index contributed by atoms with van der Waals surface area (Å²) in [7, 11) is 3.67. The number of methoxy groups -OCH3 is 1. The Morgan fingerprint density at radius 3 is 2.83 bits per heavy atom. The lowest BCUT2D eigenvalue weighted by Gasteiger charge is -2.15. The average molecular weight is 245 g/mol. The number of aryl methyl sites for hydroxylation is 2. The molecule has 1 unspecified atom stereocenters. The van der Waals surface area contributed by atoms with E-state index in [2.05, 4.69) is 4.98 Å². The maximum atomic E-state index is 6.22. The van der Waals surface area contributed by atoms with E-state index in [0.717, 1.165) is 30.0 Å². The standard InChI is InChI=1S/C14H19N3O/c1-17-10-9-16-14(17)8-7-12(15)11-5-3-4-6-13(11)18-2/h3-6,9-10,12H,7-8,15H2,1-2H3. The molecule has 0 aliphatic rings. The minimum absolute atomic E-state index is 0.0298. The minimum atomic E-state index is -0.0298. The number of ether oxygens (including phenoxy) is 1. The van der Waals surface area contributed by atoms with Crippen LogP contribution >= 0.6 is 0 Å². The first kappa shape index (κ1) is 12.6. The van der Waals surface area contributed by atoms with Crippen molar-refractivity contribution in [3.05, 3.63) is 48.0 Å². The Balaban J connectivity index is 2.03. The fourth-order valence-corrected chi connectivity index (χ4v) is 2.05. The molecule has 0 amide bonds. The summed E-state index contributed by atoms with van der Waals surface area (Å²) in [6.45, 7) is 0. The Morgan fingerprint density at radius 1 is 1.39 bits per heavy atom. The van der Waals surface area contributed by atoms with Gasteiger partial charge in [0.15, 0.2) is 0 Å². The van der Waals surface area contributed by atoms with Crippen LogP contribution < -0.4 is 10.5 Å². The van der Waals surface area contributed by atoms with Gasteiger partial charge in [0, 0.05) is 37.5 Å². The van der Waals surface area contributed by atoms with Crippen molar-refractivity contribution in [3.8, 4) is 5.75 Å². The molecule has 2 aromatic rings. The highest BCUT2D eigenvalue weighted by atomic mass is 16.5. The summed E-state index contributed by atoms with van der Waals surface area (Å²) >= 11 is 0. The Bertz CT molecular complexity index is 507. The van der Waals surface area contributed by atoms with Crippen LogP contribution in [0.15, 0.2) is 36.7 Å². The third-order valence-electron chi connectivity index (χ3n) is 3.14. The summed E-state index contributed by atoms with van der Waals surface area (Å²) in [5.41, 5.74) is 7.27. The van der Waals surface area contributed by atoms with Gasteiger partial charge in [0.25, 0.3) is 0 Å². The van der Waals surface area contributed by atoms with Crippen LogP contribution in [0.5, 0.6) is 5.75 Å². The van der Waals surface area contributed by atoms with Gasteiger partial charge in [-0.15, -0.1) is 0 Å². The van der Waals surface area contributed by atoms with Crippen LogP contribution in [0.25, 0.3) is 0 Å². The highest BCUT2D eigenvalue weighted by Crippen LogP contribution is 2.25. The number of para-hydroxylation sites is 1. The normalized spacial score (nSPS) is 12.4. The van der Waals surface area contributed by atoms with Crippen LogP contribution in [0.2, 0.25) is 0 Å². The van der Waals surface area contributed by atoms with Gasteiger partial charge < -0.3 is 15.0 Å². The first-order chi connectivity index (χ1) is 8.72. The van der Waals surface area contributed by atoms with Gasteiger partial charge in [0.1, 0.15) is 11.6 Å². The summed E-state index contributed by atoms with van der Waals surface area (Å²) < 4.78 is 7.35. The smallest absolute Gasteiger partial charge is 0.123 e. The average Bonchev–Trinajstić information content (AvgIpc) is 2.81. The largest absolute Gasteiger partial charge is 0.496 e. The Labute approximate surface area is 107 Å². The van der Waals surface area contributed by atoms with Gasteiger partial charge in [0.2, 0.25) is 0 Å². The summed E-state index contributed by atoms with van der Waals surface area (Å²) in [6, 6.07) is 7.86. The number of hydrogen-bond donors (Lipinski definition) is 1. The molecule has 0 saturated carbocycles. The zero-order chi connectivity index (χ0) is 13.0. The van der Waals surface area contributed by atoms with Crippen LogP contribution in [-0.2, 0) is 13.5 Å². The predicted molar refractivity (Wildman–Crippen MR) is 71.5 cm³/mol. The van der Waals surface area contributed by atoms with Gasteiger partial charge in [0.05, 0.1) is 7.11 Å². The number of aromatic nitrogens is 2. The Hall–Kier alpha value is -1.81. The van der Waals surface area contributed by atoms with Crippen molar-refractivity contribution in [2.75, 3.05) is 7.11 Å². The van der Waals surface area contributed by atoms with E-state index in [9.17, 15) is 0 Å². The fourth-order valence-electron chi connectivity index (χ4n) is 2.05. The summed E-state index contributed by atoms with van der Waals surface area (Å²) in [5, 5.41) is 0. The number of imidazole rings is 1. The van der Waals surface area contributed by atoms with E-state index in [-0.39, 0.29) is 6.04 Å². The van der Waals surface area contributed by atoms with Gasteiger partial charge in [-0.2, -0.15) is 0 Å². The van der Waals surface area contributed by atoms with Crippen molar-refractivity contribution in [2.45, 2.75) is 18.9 Å². The van der Waals surface area contributed by atoms with E-state index < -0.39 is 0 Å². The van der Waals surface area contributed by atoms with E-state index in [0.29, 0.717) is 0 Å². The summed E-state index contributed by atoms with van der Waals surface area (Å²) in [6.07, 6.45) is 5.47. The van der Waals surface area contributed by atoms with E-state index in [1.807, 2.05) is 48.3 Å². The van der Waals surface area contributed by atoms with Crippen molar-refractivity contribution >= 4 is 0 Å². The number of nitrogens with two attached hydrogens (primary N) is 1. The molecule has 1 aromatic carbocycles. The van der Waals surface area contributed by atoms with Crippen molar-refractivity contribution in [1.29, 1.82) is 0 Å². The number of rotatable bonds is 5. The zero-order valence-corrected chi connectivity index (χ0v) is 10.8. The molecule has 0 spiro atoms. The van der Waals surface area contributed by atoms with Gasteiger partial charge in [-0.05, 0) is 12.5 Å². The van der Waals surface area contributed by atoms with E-state index in [1.165, 1.54) is 0 Å². The highest BCUT2D eigenvalue weighted by Gasteiger charge is 2.12. The molecule has 4 heteroatoms. The second kappa shape index (κ2) is 5.69. The highest BCUT2D eigenvalue weighted by molar-refractivity contribution is 5.35. The second-order valence-corrected chi connectivity index (χ2v) is 4.34. The molecule has 0 saturated heterocycles. The molecular formula is C14H19N3O. The van der Waals surface area contributed by atoms with Crippen molar-refractivity contribution < 1.29 is 4.74 Å². The van der Waals surface area contributed by atoms with Crippen LogP contribution in [-0.4, -0.2) is 16.7 Å². The van der Waals surface area contributed by atoms with E-state index >= 15 is 0 Å². The molecule has 96 valence electrons. The first-order valence-corrected chi connectivity index (χ1v) is 6.07. The Kier molecular flexibility index (Phi) is 3.99. The molecule has 2 rings (SSSR count). The van der Waals surface area contributed by atoms with Gasteiger partial charge in [-0.1, -0.05) is 18.2 Å². The monoisotopic (exact) mass is 245 g/mol. The van der Waals surface area contributed by atoms with Gasteiger partial charge in [-0.25, -0.2) is 4.98 Å². The lowest BCUT2D eigenvalue weighted by Crippen LogP contribution is -2.13. The molecule has 1 heterocycles. The van der Waals surface area contributed by atoms with Crippen LogP contribution in [0, 0.1) is 0 Å². The maximum absolute atomic E-state index is 6.22. The minimum Gasteiger partial charge on any atom is -0.496 e. The van der Waals surface area contributed by atoms with E-state index in [4.69, 9.17) is 10.5 Å². The maximum Gasteiger partial charge on any atom is 0.123 e. The topological polar surface area (TPSA) is 53.1 Å². The number of hydrogen-bond acceptors (Lipinski definition) is 3. The second-order valence-electron chi connectivity index (χ2n) is 4.34. The molecule has 2 N–H and O–H groups in total. The molecule has 4 nitrogen and oxygen atoms in total. The number of benzene rings is 1. The SMILES string of the molecule is COc1ccccc1C(N)CCc1nccn1C. The molecule has 1 atom stereocenters. The van der Waals surface area contributed by atoms with Crippen molar-refractivity contribution in [1.82, 2.24) is 9.55 Å². The predicted octanol–water partition coefficient (Wildman–Crippen LogP) is 2.06. The Morgan fingerprint density at radius 2 is 2.17 bits per heavy atom. The van der Waals surface area contributed by atoms with Crippen molar-refractivity contribution in [2.24, 2.45) is 12.8 Å². The lowest BCUT2D eigenvalue weighted by atomic mass is 10.0. The first-order valence-electron chi connectivity index (χ1n) is 6.07. The summed E-state index contributed by atoms with van der Waals surface area (Å²) in [5.74, 6) is 1.91. The molecular weight excluding hydrogens is 226 g/mol. The van der Waals surface area contributed by atoms with E-state index in [1.54, 1.807) is 7.11 Å². The summed E-state index contributed by atoms with van der Waals surface area (Å²) in [4.78, 5) is 4.30. The fraction of sp³-hybridized carbons (Fsp3) is 0.357. The number of nitrogens with zero attached hydrogens (tertiary/aromatic N) is 2. The van der Waals surface area contributed by atoms with Crippen molar-refractivity contribution in [3.63, 3.8) is 0 Å². The molecule has 0 bridgehead atoms. The van der Waals surface area contributed by atoms with Crippen LogP contribution in [0.4, 0.5) is 0 Å². The quantitative estimate of drug-likeness (QED) is 0.877. The molecule has 0 radical (unpaired) electrons. The van der Waals surface area contributed by atoms with Crippen LogP contribution in [0.1, 0.15) is 23.9 Å². The molecule has 0 aliphatic carbocycles. The zero-order valence-electron chi connectivity index (χ0n) is 10.8. The molecule has 0 aliphatic heterocycles. The lowest BCUT2D eigenvalue weighted by molar-refractivity contribution is 0.404. The van der Waals surface area contributed by atoms with Gasteiger partial charge in [-0.3, -0.25) is 0 Å². The third kappa shape index (κ3) is 2.71. The van der Waals surface area contributed by atoms with Crippen LogP contribution in [0.3, 0.4) is 0 Å². The van der Waals surface area contributed by atoms with Gasteiger partial charge >= 0.3 is 0 Å². The third-order valence-corrected chi connectivity index (χ3v) is 3.14.